The Labute approximate surface area is 218 Å². The number of hydrogen-bond acceptors (Lipinski definition) is 0. The summed E-state index contributed by atoms with van der Waals surface area (Å²) in [7, 11) is 0. The van der Waals surface area contributed by atoms with Gasteiger partial charge in [-0.2, -0.15) is 0 Å². The van der Waals surface area contributed by atoms with Crippen LogP contribution in [0, 0.1) is 0 Å². The minimum atomic E-state index is 1.21. The van der Waals surface area contributed by atoms with E-state index in [9.17, 15) is 0 Å². The molecule has 0 aromatic rings. The van der Waals surface area contributed by atoms with Gasteiger partial charge in [-0.1, -0.05) is 199 Å². The van der Waals surface area contributed by atoms with Gasteiger partial charge in [0.1, 0.15) is 0 Å². The zero-order valence-corrected chi connectivity index (χ0v) is 24.2. The molecular formula is C34H68. The lowest BCUT2D eigenvalue weighted by molar-refractivity contribution is 0.513. The van der Waals surface area contributed by atoms with E-state index in [4.69, 9.17) is 0 Å². The van der Waals surface area contributed by atoms with Crippen molar-refractivity contribution in [2.45, 2.75) is 206 Å². The third-order valence-electron chi connectivity index (χ3n) is 7.76. The summed E-state index contributed by atoms with van der Waals surface area (Å²) in [4.78, 5) is 0. The largest absolute Gasteiger partial charge is 0.103 e. The van der Waals surface area contributed by atoms with Crippen LogP contribution < -0.4 is 0 Å². The molecule has 34 heavy (non-hydrogen) atoms. The fourth-order valence-electron chi connectivity index (χ4n) is 5.31. The van der Waals surface area contributed by atoms with E-state index in [1.807, 2.05) is 0 Å². The maximum absolute atomic E-state index is 3.80. The summed E-state index contributed by atoms with van der Waals surface area (Å²) in [6, 6.07) is 0. The van der Waals surface area contributed by atoms with E-state index in [0.717, 1.165) is 0 Å². The Kier molecular flexibility index (Phi) is 32.5. The van der Waals surface area contributed by atoms with Gasteiger partial charge in [-0.3, -0.25) is 0 Å². The maximum Gasteiger partial charge on any atom is -0.0353 e. The first-order valence-corrected chi connectivity index (χ1v) is 16.5. The summed E-state index contributed by atoms with van der Waals surface area (Å²) in [5.41, 5.74) is 0. The van der Waals surface area contributed by atoms with Crippen LogP contribution in [-0.2, 0) is 0 Å². The maximum atomic E-state index is 3.80. The first-order chi connectivity index (χ1) is 16.9. The van der Waals surface area contributed by atoms with Gasteiger partial charge in [0, 0.05) is 0 Å². The number of unbranched alkanes of at least 4 members (excludes halogenated alkanes) is 30. The number of rotatable bonds is 31. The average molecular weight is 477 g/mol. The first kappa shape index (κ1) is 33.7. The van der Waals surface area contributed by atoms with E-state index in [-0.39, 0.29) is 0 Å². The fraction of sp³-hybridized carbons (Fsp3) is 0.941. The van der Waals surface area contributed by atoms with E-state index >= 15 is 0 Å². The molecule has 0 heteroatoms. The van der Waals surface area contributed by atoms with Crippen LogP contribution in [0.25, 0.3) is 0 Å². The predicted octanol–water partition coefficient (Wildman–Crippen LogP) is 13.3. The Morgan fingerprint density at radius 2 is 0.471 bits per heavy atom. The molecule has 0 radical (unpaired) electrons. The topological polar surface area (TPSA) is 0 Å². The monoisotopic (exact) mass is 477 g/mol. The summed E-state index contributed by atoms with van der Waals surface area (Å²) in [5, 5.41) is 0. The second-order valence-electron chi connectivity index (χ2n) is 11.3. The molecule has 0 spiro atoms. The molecule has 0 atom stereocenters. The standard InChI is InChI=1S/C34H68/c1-3-5-7-9-11-13-15-17-19-21-23-25-27-29-31-33-34-32-30-28-26-24-22-20-18-16-14-12-10-8-6-4-2/h3H,1,4-34H2,2H3. The molecule has 0 rings (SSSR count). The van der Waals surface area contributed by atoms with Crippen molar-refractivity contribution in [1.82, 2.24) is 0 Å². The van der Waals surface area contributed by atoms with E-state index in [1.54, 1.807) is 0 Å². The Hall–Kier alpha value is -0.260. The van der Waals surface area contributed by atoms with E-state index in [1.165, 1.54) is 199 Å². The van der Waals surface area contributed by atoms with Crippen LogP contribution in [0.4, 0.5) is 0 Å². The van der Waals surface area contributed by atoms with Crippen LogP contribution in [0.3, 0.4) is 0 Å². The van der Waals surface area contributed by atoms with Crippen LogP contribution >= 0.6 is 0 Å². The molecule has 0 aliphatic carbocycles. The van der Waals surface area contributed by atoms with Gasteiger partial charge in [0.25, 0.3) is 0 Å². The Bertz CT molecular complexity index is 344. The van der Waals surface area contributed by atoms with Crippen molar-refractivity contribution in [3.8, 4) is 0 Å². The van der Waals surface area contributed by atoms with E-state index in [2.05, 4.69) is 19.6 Å². The lowest BCUT2D eigenvalue weighted by atomic mass is 10.0. The van der Waals surface area contributed by atoms with Crippen LogP contribution in [0.5, 0.6) is 0 Å². The van der Waals surface area contributed by atoms with E-state index in [0.29, 0.717) is 0 Å². The molecule has 0 N–H and O–H groups in total. The molecule has 0 amide bonds. The zero-order chi connectivity index (χ0) is 24.6. The SMILES string of the molecule is C=CCCCCCCCCCCCCCCCCCCCCCCCCCCCCCCCC. The highest BCUT2D eigenvalue weighted by atomic mass is 14.0. The van der Waals surface area contributed by atoms with Crippen molar-refractivity contribution in [3.63, 3.8) is 0 Å². The molecule has 204 valence electrons. The Balaban J connectivity index is 3.00. The van der Waals surface area contributed by atoms with Crippen molar-refractivity contribution in [2.75, 3.05) is 0 Å². The third-order valence-corrected chi connectivity index (χ3v) is 7.76. The minimum absolute atomic E-state index is 1.21. The molecule has 0 nitrogen and oxygen atoms in total. The molecule has 0 aliphatic rings. The Morgan fingerprint density at radius 1 is 0.294 bits per heavy atom. The van der Waals surface area contributed by atoms with Crippen LogP contribution in [0.2, 0.25) is 0 Å². The van der Waals surface area contributed by atoms with Gasteiger partial charge in [-0.05, 0) is 12.8 Å². The minimum Gasteiger partial charge on any atom is -0.103 e. The van der Waals surface area contributed by atoms with Crippen molar-refractivity contribution >= 4 is 0 Å². The molecule has 0 fully saturated rings. The van der Waals surface area contributed by atoms with Crippen molar-refractivity contribution in [3.05, 3.63) is 12.7 Å². The van der Waals surface area contributed by atoms with Gasteiger partial charge in [0.15, 0.2) is 0 Å². The van der Waals surface area contributed by atoms with Gasteiger partial charge in [-0.15, -0.1) is 6.58 Å². The quantitative estimate of drug-likeness (QED) is 0.0689. The number of allylic oxidation sites excluding steroid dienone is 1. The highest BCUT2D eigenvalue weighted by Crippen LogP contribution is 2.16. The number of hydrogen-bond donors (Lipinski definition) is 0. The van der Waals surface area contributed by atoms with Gasteiger partial charge >= 0.3 is 0 Å². The molecule has 0 saturated carbocycles. The molecule has 0 heterocycles. The van der Waals surface area contributed by atoms with Gasteiger partial charge in [0.2, 0.25) is 0 Å². The van der Waals surface area contributed by atoms with E-state index < -0.39 is 0 Å². The fourth-order valence-corrected chi connectivity index (χ4v) is 5.31. The Morgan fingerprint density at radius 3 is 0.647 bits per heavy atom. The molecule has 0 saturated heterocycles. The van der Waals surface area contributed by atoms with Crippen LogP contribution in [0.1, 0.15) is 206 Å². The smallest absolute Gasteiger partial charge is 0.0353 e. The van der Waals surface area contributed by atoms with Gasteiger partial charge in [0.05, 0.1) is 0 Å². The summed E-state index contributed by atoms with van der Waals surface area (Å²) in [6.45, 7) is 6.10. The van der Waals surface area contributed by atoms with Crippen molar-refractivity contribution in [1.29, 1.82) is 0 Å². The lowest BCUT2D eigenvalue weighted by Crippen LogP contribution is -1.85. The second-order valence-corrected chi connectivity index (χ2v) is 11.3. The third kappa shape index (κ3) is 31.7. The second kappa shape index (κ2) is 32.7. The summed E-state index contributed by atoms with van der Waals surface area (Å²) in [5.74, 6) is 0. The van der Waals surface area contributed by atoms with Crippen LogP contribution in [-0.4, -0.2) is 0 Å². The predicted molar refractivity (Wildman–Crippen MR) is 159 cm³/mol. The summed E-state index contributed by atoms with van der Waals surface area (Å²) >= 11 is 0. The molecule has 0 unspecified atom stereocenters. The first-order valence-electron chi connectivity index (χ1n) is 16.5. The lowest BCUT2D eigenvalue weighted by Gasteiger charge is -2.04. The molecule has 0 aromatic carbocycles. The molecule has 0 aliphatic heterocycles. The molecule has 0 bridgehead atoms. The molecule has 0 aromatic heterocycles. The summed E-state index contributed by atoms with van der Waals surface area (Å²) in [6.07, 6.45) is 47.4. The highest BCUT2D eigenvalue weighted by molar-refractivity contribution is 4.65. The van der Waals surface area contributed by atoms with Crippen molar-refractivity contribution in [2.24, 2.45) is 0 Å². The highest BCUT2D eigenvalue weighted by Gasteiger charge is 1.96. The average Bonchev–Trinajstić information content (AvgIpc) is 2.85. The van der Waals surface area contributed by atoms with Gasteiger partial charge in [-0.25, -0.2) is 0 Å². The summed E-state index contributed by atoms with van der Waals surface area (Å²) < 4.78 is 0. The zero-order valence-electron chi connectivity index (χ0n) is 24.2. The van der Waals surface area contributed by atoms with Gasteiger partial charge < -0.3 is 0 Å². The molecular weight excluding hydrogens is 408 g/mol. The van der Waals surface area contributed by atoms with Crippen molar-refractivity contribution < 1.29 is 0 Å². The van der Waals surface area contributed by atoms with Crippen LogP contribution in [0.15, 0.2) is 12.7 Å². The normalized spacial score (nSPS) is 11.3.